The molecule has 0 saturated carbocycles. The Morgan fingerprint density at radius 2 is 1.52 bits per heavy atom. The van der Waals surface area contributed by atoms with Gasteiger partial charge in [-0.15, -0.1) is 0 Å². The number of carbonyl (C=O) groups excluding carboxylic acids is 1. The molecule has 2 aromatic carbocycles. The van der Waals surface area contributed by atoms with Crippen LogP contribution in [-0.4, -0.2) is 5.91 Å². The van der Waals surface area contributed by atoms with Gasteiger partial charge in [-0.05, 0) is 47.4 Å². The number of benzene rings is 2. The topological polar surface area (TPSA) is 29.1 Å². The molecule has 2 heteroatoms. The highest BCUT2D eigenvalue weighted by atomic mass is 16.1. The Hall–Kier alpha value is -2.09. The van der Waals surface area contributed by atoms with Gasteiger partial charge >= 0.3 is 0 Å². The molecule has 0 aromatic heterocycles. The normalized spacial score (nSPS) is 12.7. The highest BCUT2D eigenvalue weighted by Crippen LogP contribution is 2.22. The first-order valence-corrected chi connectivity index (χ1v) is 9.27. The first kappa shape index (κ1) is 19.2. The van der Waals surface area contributed by atoms with Gasteiger partial charge in [0.15, 0.2) is 0 Å². The fourth-order valence-electron chi connectivity index (χ4n) is 2.87. The van der Waals surface area contributed by atoms with Crippen molar-refractivity contribution in [2.24, 2.45) is 0 Å². The van der Waals surface area contributed by atoms with Crippen LogP contribution in [0, 0.1) is 0 Å². The highest BCUT2D eigenvalue weighted by Gasteiger charge is 2.13. The zero-order chi connectivity index (χ0) is 18.4. The summed E-state index contributed by atoms with van der Waals surface area (Å²) < 4.78 is 0. The molecule has 0 aliphatic carbocycles. The molecular formula is C23H31NO. The van der Waals surface area contributed by atoms with Gasteiger partial charge < -0.3 is 5.32 Å². The molecule has 1 amide bonds. The second-order valence-corrected chi connectivity index (χ2v) is 7.83. The lowest BCUT2D eigenvalue weighted by Crippen LogP contribution is -2.26. The Morgan fingerprint density at radius 3 is 2.04 bits per heavy atom. The van der Waals surface area contributed by atoms with Crippen LogP contribution in [0.3, 0.4) is 0 Å². The van der Waals surface area contributed by atoms with Crippen molar-refractivity contribution in [1.82, 2.24) is 5.32 Å². The van der Waals surface area contributed by atoms with E-state index in [0.717, 1.165) is 18.4 Å². The van der Waals surface area contributed by atoms with Gasteiger partial charge in [-0.2, -0.15) is 0 Å². The Morgan fingerprint density at radius 1 is 0.960 bits per heavy atom. The summed E-state index contributed by atoms with van der Waals surface area (Å²) in [6, 6.07) is 17.1. The van der Waals surface area contributed by atoms with E-state index in [2.05, 4.69) is 81.5 Å². The molecule has 25 heavy (non-hydrogen) atoms. The van der Waals surface area contributed by atoms with E-state index < -0.39 is 0 Å². The minimum Gasteiger partial charge on any atom is -0.350 e. The molecule has 0 aliphatic rings. The number of hydrogen-bond acceptors (Lipinski definition) is 1. The first-order valence-electron chi connectivity index (χ1n) is 9.27. The van der Waals surface area contributed by atoms with Gasteiger partial charge in [-0.1, -0.05) is 76.2 Å². The smallest absolute Gasteiger partial charge is 0.220 e. The molecule has 0 unspecified atom stereocenters. The number of hydrogen-bond donors (Lipinski definition) is 1. The van der Waals surface area contributed by atoms with Gasteiger partial charge in [0.25, 0.3) is 0 Å². The van der Waals surface area contributed by atoms with Crippen LogP contribution in [0.5, 0.6) is 0 Å². The van der Waals surface area contributed by atoms with Crippen LogP contribution in [0.15, 0.2) is 48.5 Å². The molecule has 0 bridgehead atoms. The largest absolute Gasteiger partial charge is 0.350 e. The molecule has 0 spiro atoms. The average Bonchev–Trinajstić information content (AvgIpc) is 2.59. The Balaban J connectivity index is 1.85. The summed E-state index contributed by atoms with van der Waals surface area (Å²) in [4.78, 5) is 12.2. The Labute approximate surface area is 152 Å². The summed E-state index contributed by atoms with van der Waals surface area (Å²) in [5, 5.41) is 3.10. The van der Waals surface area contributed by atoms with E-state index in [1.807, 2.05) is 6.92 Å². The maximum atomic E-state index is 12.2. The van der Waals surface area contributed by atoms with E-state index in [4.69, 9.17) is 0 Å². The number of aryl methyl sites for hydroxylation is 2. The quantitative estimate of drug-likeness (QED) is 0.755. The second-order valence-electron chi connectivity index (χ2n) is 7.83. The van der Waals surface area contributed by atoms with E-state index >= 15 is 0 Å². The van der Waals surface area contributed by atoms with Gasteiger partial charge in [0.1, 0.15) is 0 Å². The van der Waals surface area contributed by atoms with Gasteiger partial charge in [0.05, 0.1) is 6.04 Å². The van der Waals surface area contributed by atoms with Gasteiger partial charge in [0.2, 0.25) is 5.91 Å². The standard InChI is InChI=1S/C23H31NO/c1-6-18-7-12-20(13-8-18)17(2)24-22(25)16-11-19-9-14-21(15-10-19)23(3,4)5/h7-10,12-15,17H,6,11,16H2,1-5H3,(H,24,25)/t17-/m0/s1. The van der Waals surface area contributed by atoms with Crippen LogP contribution in [-0.2, 0) is 23.1 Å². The lowest BCUT2D eigenvalue weighted by atomic mass is 9.86. The van der Waals surface area contributed by atoms with Crippen LogP contribution in [0.4, 0.5) is 0 Å². The van der Waals surface area contributed by atoms with E-state index in [1.54, 1.807) is 0 Å². The second kappa shape index (κ2) is 8.33. The van der Waals surface area contributed by atoms with Crippen LogP contribution in [0.25, 0.3) is 0 Å². The minimum atomic E-state index is 0.0432. The van der Waals surface area contributed by atoms with E-state index in [-0.39, 0.29) is 17.4 Å². The minimum absolute atomic E-state index is 0.0432. The lowest BCUT2D eigenvalue weighted by molar-refractivity contribution is -0.121. The molecule has 0 aliphatic heterocycles. The summed E-state index contributed by atoms with van der Waals surface area (Å²) >= 11 is 0. The first-order chi connectivity index (χ1) is 11.8. The third-order valence-corrected chi connectivity index (χ3v) is 4.73. The van der Waals surface area contributed by atoms with E-state index in [0.29, 0.717) is 6.42 Å². The molecule has 1 N–H and O–H groups in total. The van der Waals surface area contributed by atoms with Crippen molar-refractivity contribution in [3.8, 4) is 0 Å². The number of amides is 1. The highest BCUT2D eigenvalue weighted by molar-refractivity contribution is 5.76. The molecule has 0 heterocycles. The van der Waals surface area contributed by atoms with Crippen molar-refractivity contribution in [2.45, 2.75) is 65.3 Å². The molecule has 0 radical (unpaired) electrons. The average molecular weight is 338 g/mol. The zero-order valence-corrected chi connectivity index (χ0v) is 16.2. The molecule has 0 saturated heterocycles. The van der Waals surface area contributed by atoms with Crippen LogP contribution >= 0.6 is 0 Å². The molecule has 2 rings (SSSR count). The molecular weight excluding hydrogens is 306 g/mol. The van der Waals surface area contributed by atoms with Crippen molar-refractivity contribution >= 4 is 5.91 Å². The Bertz CT molecular complexity index is 678. The summed E-state index contributed by atoms with van der Waals surface area (Å²) in [7, 11) is 0. The maximum absolute atomic E-state index is 12.2. The van der Waals surface area contributed by atoms with E-state index in [9.17, 15) is 4.79 Å². The van der Waals surface area contributed by atoms with Gasteiger partial charge in [-0.25, -0.2) is 0 Å². The summed E-state index contributed by atoms with van der Waals surface area (Å²) in [5.41, 5.74) is 5.17. The summed E-state index contributed by atoms with van der Waals surface area (Å²) in [6.07, 6.45) is 2.33. The van der Waals surface area contributed by atoms with Gasteiger partial charge in [-0.3, -0.25) is 4.79 Å². The number of nitrogens with one attached hydrogen (secondary N) is 1. The molecule has 1 atom stereocenters. The van der Waals surface area contributed by atoms with Crippen molar-refractivity contribution in [3.63, 3.8) is 0 Å². The third-order valence-electron chi connectivity index (χ3n) is 4.73. The lowest BCUT2D eigenvalue weighted by Gasteiger charge is -2.19. The molecule has 134 valence electrons. The third kappa shape index (κ3) is 5.74. The molecule has 2 nitrogen and oxygen atoms in total. The van der Waals surface area contributed by atoms with Crippen LogP contribution < -0.4 is 5.32 Å². The summed E-state index contributed by atoms with van der Waals surface area (Å²) in [5.74, 6) is 0.104. The predicted octanol–water partition coefficient (Wildman–Crippen LogP) is 5.36. The SMILES string of the molecule is CCc1ccc([C@H](C)NC(=O)CCc2ccc(C(C)(C)C)cc2)cc1. The monoisotopic (exact) mass is 337 g/mol. The van der Waals surface area contributed by atoms with Gasteiger partial charge in [0, 0.05) is 6.42 Å². The van der Waals surface area contributed by atoms with Crippen LogP contribution in [0.2, 0.25) is 0 Å². The van der Waals surface area contributed by atoms with Crippen LogP contribution in [0.1, 0.15) is 69.3 Å². The van der Waals surface area contributed by atoms with E-state index in [1.165, 1.54) is 16.7 Å². The number of rotatable bonds is 6. The van der Waals surface area contributed by atoms with Crippen molar-refractivity contribution in [3.05, 3.63) is 70.8 Å². The van der Waals surface area contributed by atoms with Crippen molar-refractivity contribution in [2.75, 3.05) is 0 Å². The molecule has 2 aromatic rings. The maximum Gasteiger partial charge on any atom is 0.220 e. The fraction of sp³-hybridized carbons (Fsp3) is 0.435. The fourth-order valence-corrected chi connectivity index (χ4v) is 2.87. The predicted molar refractivity (Wildman–Crippen MR) is 106 cm³/mol. The van der Waals surface area contributed by atoms with Crippen molar-refractivity contribution in [1.29, 1.82) is 0 Å². The number of carbonyl (C=O) groups is 1. The Kier molecular flexibility index (Phi) is 6.41. The molecule has 0 fully saturated rings. The zero-order valence-electron chi connectivity index (χ0n) is 16.2. The van der Waals surface area contributed by atoms with Crippen molar-refractivity contribution < 1.29 is 4.79 Å². The summed E-state index contributed by atoms with van der Waals surface area (Å²) in [6.45, 7) is 10.8.